The average Bonchev–Trinajstić information content (AvgIpc) is 2.68. The Labute approximate surface area is 103 Å². The fourth-order valence-corrected chi connectivity index (χ4v) is 2.18. The molecule has 1 fully saturated rings. The van der Waals surface area contributed by atoms with Crippen molar-refractivity contribution in [1.82, 2.24) is 4.90 Å². The predicted octanol–water partition coefficient (Wildman–Crippen LogP) is 1.55. The van der Waals surface area contributed by atoms with Crippen LogP contribution in [0.3, 0.4) is 0 Å². The number of rotatable bonds is 3. The van der Waals surface area contributed by atoms with E-state index in [0.717, 1.165) is 0 Å². The van der Waals surface area contributed by atoms with Gasteiger partial charge < -0.3 is 9.64 Å². The summed E-state index contributed by atoms with van der Waals surface area (Å²) >= 11 is 0. The number of hydrogen-bond donors (Lipinski definition) is 0. The molecule has 1 saturated heterocycles. The molecule has 0 spiro atoms. The van der Waals surface area contributed by atoms with Crippen LogP contribution in [0.25, 0.3) is 0 Å². The van der Waals surface area contributed by atoms with Gasteiger partial charge in [0.2, 0.25) is 5.91 Å². The van der Waals surface area contributed by atoms with Gasteiger partial charge in [-0.1, -0.05) is 27.7 Å². The molecule has 0 N–H and O–H groups in total. The van der Waals surface area contributed by atoms with E-state index in [9.17, 15) is 9.59 Å². The number of esters is 1. The van der Waals surface area contributed by atoms with E-state index in [2.05, 4.69) is 0 Å². The number of likely N-dealkylation sites (tertiary alicyclic amines) is 1. The van der Waals surface area contributed by atoms with Crippen molar-refractivity contribution in [3.05, 3.63) is 0 Å². The molecule has 0 aliphatic carbocycles. The van der Waals surface area contributed by atoms with Crippen molar-refractivity contribution in [2.75, 3.05) is 20.2 Å². The SMILES string of the molecule is COC(=O)C1CN(C(=O)C(C)C(C)C)CC1C. The van der Waals surface area contributed by atoms with E-state index in [1.165, 1.54) is 7.11 Å². The number of methoxy groups -OCH3 is 1. The third-order valence-electron chi connectivity index (χ3n) is 3.82. The summed E-state index contributed by atoms with van der Waals surface area (Å²) in [6.07, 6.45) is 0. The van der Waals surface area contributed by atoms with E-state index in [0.29, 0.717) is 19.0 Å². The molecule has 3 atom stereocenters. The molecule has 0 radical (unpaired) electrons. The molecule has 1 aliphatic heterocycles. The van der Waals surface area contributed by atoms with Crippen molar-refractivity contribution in [2.45, 2.75) is 27.7 Å². The van der Waals surface area contributed by atoms with Gasteiger partial charge >= 0.3 is 5.97 Å². The first-order chi connectivity index (χ1) is 7.88. The maximum absolute atomic E-state index is 12.2. The topological polar surface area (TPSA) is 46.6 Å². The number of hydrogen-bond acceptors (Lipinski definition) is 3. The lowest BCUT2D eigenvalue weighted by Crippen LogP contribution is -2.36. The van der Waals surface area contributed by atoms with Gasteiger partial charge in [0.25, 0.3) is 0 Å². The van der Waals surface area contributed by atoms with Crippen molar-refractivity contribution < 1.29 is 14.3 Å². The summed E-state index contributed by atoms with van der Waals surface area (Å²) in [5.74, 6) is 0.311. The molecule has 1 aliphatic rings. The summed E-state index contributed by atoms with van der Waals surface area (Å²) in [6.45, 7) is 9.19. The Morgan fingerprint density at radius 2 is 1.82 bits per heavy atom. The Morgan fingerprint density at radius 1 is 1.24 bits per heavy atom. The minimum absolute atomic E-state index is 0.0126. The molecule has 17 heavy (non-hydrogen) atoms. The van der Waals surface area contributed by atoms with E-state index in [-0.39, 0.29) is 29.6 Å². The van der Waals surface area contributed by atoms with Crippen LogP contribution in [0.15, 0.2) is 0 Å². The van der Waals surface area contributed by atoms with Crippen LogP contribution >= 0.6 is 0 Å². The summed E-state index contributed by atoms with van der Waals surface area (Å²) in [6, 6.07) is 0. The van der Waals surface area contributed by atoms with Crippen LogP contribution in [-0.2, 0) is 14.3 Å². The molecule has 98 valence electrons. The van der Waals surface area contributed by atoms with Crippen LogP contribution in [0.2, 0.25) is 0 Å². The fraction of sp³-hybridized carbons (Fsp3) is 0.846. The molecule has 1 rings (SSSR count). The monoisotopic (exact) mass is 241 g/mol. The molecule has 0 saturated carbocycles. The maximum Gasteiger partial charge on any atom is 0.310 e. The van der Waals surface area contributed by atoms with E-state index in [1.54, 1.807) is 4.90 Å². The lowest BCUT2D eigenvalue weighted by Gasteiger charge is -2.23. The largest absolute Gasteiger partial charge is 0.469 e. The molecule has 0 aromatic heterocycles. The first-order valence-electron chi connectivity index (χ1n) is 6.25. The third kappa shape index (κ3) is 2.99. The molecule has 3 unspecified atom stereocenters. The third-order valence-corrected chi connectivity index (χ3v) is 3.82. The zero-order valence-corrected chi connectivity index (χ0v) is 11.4. The van der Waals surface area contributed by atoms with Crippen molar-refractivity contribution in [3.63, 3.8) is 0 Å². The van der Waals surface area contributed by atoms with Gasteiger partial charge in [0.15, 0.2) is 0 Å². The van der Waals surface area contributed by atoms with E-state index < -0.39 is 0 Å². The van der Waals surface area contributed by atoms with Crippen molar-refractivity contribution >= 4 is 11.9 Å². The highest BCUT2D eigenvalue weighted by atomic mass is 16.5. The van der Waals surface area contributed by atoms with E-state index >= 15 is 0 Å². The zero-order chi connectivity index (χ0) is 13.2. The van der Waals surface area contributed by atoms with Crippen molar-refractivity contribution in [1.29, 1.82) is 0 Å². The van der Waals surface area contributed by atoms with Gasteiger partial charge in [0.05, 0.1) is 13.0 Å². The quantitative estimate of drug-likeness (QED) is 0.704. The van der Waals surface area contributed by atoms with Crippen LogP contribution in [0.1, 0.15) is 27.7 Å². The van der Waals surface area contributed by atoms with Gasteiger partial charge in [-0.25, -0.2) is 0 Å². The van der Waals surface area contributed by atoms with Crippen LogP contribution in [0.4, 0.5) is 0 Å². The molecule has 0 aromatic rings. The Hall–Kier alpha value is -1.06. The summed E-state index contributed by atoms with van der Waals surface area (Å²) in [5, 5.41) is 0. The average molecular weight is 241 g/mol. The molecular formula is C13H23NO3. The minimum atomic E-state index is -0.204. The predicted molar refractivity (Wildman–Crippen MR) is 65.3 cm³/mol. The molecule has 4 heteroatoms. The highest BCUT2D eigenvalue weighted by molar-refractivity contribution is 5.81. The summed E-state index contributed by atoms with van der Waals surface area (Å²) in [5.41, 5.74) is 0. The summed E-state index contributed by atoms with van der Waals surface area (Å²) in [7, 11) is 1.40. The number of carbonyl (C=O) groups excluding carboxylic acids is 2. The molecule has 0 bridgehead atoms. The van der Waals surface area contributed by atoms with Crippen LogP contribution in [-0.4, -0.2) is 37.0 Å². The van der Waals surface area contributed by atoms with Crippen molar-refractivity contribution in [2.24, 2.45) is 23.7 Å². The number of carbonyl (C=O) groups is 2. The second-order valence-corrected chi connectivity index (χ2v) is 5.38. The second-order valence-electron chi connectivity index (χ2n) is 5.38. The minimum Gasteiger partial charge on any atom is -0.469 e. The van der Waals surface area contributed by atoms with Crippen molar-refractivity contribution in [3.8, 4) is 0 Å². The summed E-state index contributed by atoms with van der Waals surface area (Å²) < 4.78 is 4.76. The maximum atomic E-state index is 12.2. The Bertz CT molecular complexity index is 301. The number of ether oxygens (including phenoxy) is 1. The number of nitrogens with zero attached hydrogens (tertiary/aromatic N) is 1. The molecule has 4 nitrogen and oxygen atoms in total. The van der Waals surface area contributed by atoms with Crippen LogP contribution in [0, 0.1) is 23.7 Å². The lowest BCUT2D eigenvalue weighted by molar-refractivity contribution is -0.146. The molecule has 1 amide bonds. The Balaban J connectivity index is 2.65. The second kappa shape index (κ2) is 5.52. The zero-order valence-electron chi connectivity index (χ0n) is 11.4. The first kappa shape index (κ1) is 14.0. The van der Waals surface area contributed by atoms with Gasteiger partial charge in [-0.3, -0.25) is 9.59 Å². The normalized spacial score (nSPS) is 26.1. The fourth-order valence-electron chi connectivity index (χ4n) is 2.18. The molecule has 1 heterocycles. The van der Waals surface area contributed by atoms with E-state index in [1.807, 2.05) is 27.7 Å². The molecular weight excluding hydrogens is 218 g/mol. The van der Waals surface area contributed by atoms with E-state index in [4.69, 9.17) is 4.74 Å². The standard InChI is InChI=1S/C13H23NO3/c1-8(2)10(4)12(15)14-6-9(3)11(7-14)13(16)17-5/h8-11H,6-7H2,1-5H3. The Morgan fingerprint density at radius 3 is 2.29 bits per heavy atom. The van der Waals surface area contributed by atoms with Gasteiger partial charge in [-0.15, -0.1) is 0 Å². The van der Waals surface area contributed by atoms with Gasteiger partial charge in [0.1, 0.15) is 0 Å². The highest BCUT2D eigenvalue weighted by Gasteiger charge is 2.38. The Kier molecular flexibility index (Phi) is 4.54. The number of amides is 1. The van der Waals surface area contributed by atoms with Gasteiger partial charge in [-0.05, 0) is 11.8 Å². The summed E-state index contributed by atoms with van der Waals surface area (Å²) in [4.78, 5) is 25.5. The van der Waals surface area contributed by atoms with Crippen LogP contribution < -0.4 is 0 Å². The smallest absolute Gasteiger partial charge is 0.310 e. The van der Waals surface area contributed by atoms with Gasteiger partial charge in [0, 0.05) is 19.0 Å². The van der Waals surface area contributed by atoms with Gasteiger partial charge in [-0.2, -0.15) is 0 Å². The first-order valence-corrected chi connectivity index (χ1v) is 6.25. The highest BCUT2D eigenvalue weighted by Crippen LogP contribution is 2.26. The van der Waals surface area contributed by atoms with Crippen LogP contribution in [0.5, 0.6) is 0 Å². The molecule has 0 aromatic carbocycles. The lowest BCUT2D eigenvalue weighted by atomic mass is 9.97.